The zero-order chi connectivity index (χ0) is 13.5. The van der Waals surface area contributed by atoms with Crippen LogP contribution in [0.4, 0.5) is 10.1 Å². The fraction of sp³-hybridized carbons (Fsp3) is 0. The van der Waals surface area contributed by atoms with Crippen LogP contribution in [-0.4, -0.2) is 11.3 Å². The molecule has 0 aliphatic rings. The molecule has 96 valence electrons. The van der Waals surface area contributed by atoms with Crippen molar-refractivity contribution >= 4 is 29.2 Å². The number of nitrogens with zero attached hydrogens (tertiary/aromatic N) is 1. The molecule has 0 saturated heterocycles. The fourth-order valence-electron chi connectivity index (χ4n) is 1.42. The van der Waals surface area contributed by atoms with Crippen LogP contribution in [0.5, 0.6) is 0 Å². The molecule has 0 aliphatic carbocycles. The minimum Gasteiger partial charge on any atom is -0.331 e. The second-order valence-corrected chi connectivity index (χ2v) is 4.12. The van der Waals surface area contributed by atoms with Crippen LogP contribution in [0, 0.1) is 5.82 Å². The third-order valence-corrected chi connectivity index (χ3v) is 2.50. The van der Waals surface area contributed by atoms with Crippen molar-refractivity contribution < 1.29 is 4.39 Å². The lowest BCUT2D eigenvalue weighted by Crippen LogP contribution is -2.23. The Morgan fingerprint density at radius 3 is 2.47 bits per heavy atom. The van der Waals surface area contributed by atoms with Crippen molar-refractivity contribution in [3.63, 3.8) is 0 Å². The van der Waals surface area contributed by atoms with Crippen LogP contribution in [0.25, 0.3) is 0 Å². The number of hydrogen-bond acceptors (Lipinski definition) is 2. The zero-order valence-corrected chi connectivity index (χ0v) is 10.8. The number of rotatable bonds is 3. The Bertz CT molecular complexity index is 584. The molecule has 0 heterocycles. The summed E-state index contributed by atoms with van der Waals surface area (Å²) in [6, 6.07) is 15.9. The van der Waals surface area contributed by atoms with Gasteiger partial charge in [0.2, 0.25) is 0 Å². The standard InChI is InChI=1S/C14H12FN3S/c15-13-9-5-4-6-11(13)10-16-18-14(19)17-12-7-2-1-3-8-12/h1-10H,(H2,17,18,19)/b16-10+. The first-order valence-corrected chi connectivity index (χ1v) is 6.06. The molecule has 2 aromatic rings. The monoisotopic (exact) mass is 273 g/mol. The predicted molar refractivity (Wildman–Crippen MR) is 79.8 cm³/mol. The van der Waals surface area contributed by atoms with Crippen LogP contribution in [0.1, 0.15) is 5.56 Å². The van der Waals surface area contributed by atoms with E-state index in [1.54, 1.807) is 18.2 Å². The van der Waals surface area contributed by atoms with E-state index in [9.17, 15) is 4.39 Å². The summed E-state index contributed by atoms with van der Waals surface area (Å²) >= 11 is 5.05. The molecule has 19 heavy (non-hydrogen) atoms. The molecule has 5 heteroatoms. The third kappa shape index (κ3) is 4.15. The summed E-state index contributed by atoms with van der Waals surface area (Å²) in [5, 5.41) is 7.18. The minimum absolute atomic E-state index is 0.324. The van der Waals surface area contributed by atoms with Crippen molar-refractivity contribution in [2.24, 2.45) is 5.10 Å². The SMILES string of the molecule is Fc1ccccc1/C=N/NC(=S)Nc1ccccc1. The zero-order valence-electron chi connectivity index (χ0n) is 10.0. The Labute approximate surface area is 116 Å². The van der Waals surface area contributed by atoms with Crippen molar-refractivity contribution in [2.75, 3.05) is 5.32 Å². The number of halogens is 1. The summed E-state index contributed by atoms with van der Waals surface area (Å²) in [4.78, 5) is 0. The highest BCUT2D eigenvalue weighted by Gasteiger charge is 1.97. The molecule has 0 aliphatic heterocycles. The van der Waals surface area contributed by atoms with E-state index in [4.69, 9.17) is 12.2 Å². The van der Waals surface area contributed by atoms with Gasteiger partial charge in [-0.3, -0.25) is 5.43 Å². The summed E-state index contributed by atoms with van der Waals surface area (Å²) in [5.41, 5.74) is 3.89. The van der Waals surface area contributed by atoms with Crippen LogP contribution < -0.4 is 10.7 Å². The molecule has 0 amide bonds. The molecule has 0 saturated carbocycles. The quantitative estimate of drug-likeness (QED) is 0.512. The summed E-state index contributed by atoms with van der Waals surface area (Å²) < 4.78 is 13.3. The van der Waals surface area contributed by atoms with E-state index in [0.717, 1.165) is 5.69 Å². The smallest absolute Gasteiger partial charge is 0.191 e. The molecular formula is C14H12FN3S. The lowest BCUT2D eigenvalue weighted by molar-refractivity contribution is 0.626. The largest absolute Gasteiger partial charge is 0.331 e. The highest BCUT2D eigenvalue weighted by molar-refractivity contribution is 7.80. The Morgan fingerprint density at radius 1 is 1.05 bits per heavy atom. The molecule has 0 fully saturated rings. The van der Waals surface area contributed by atoms with Gasteiger partial charge in [-0.05, 0) is 30.4 Å². The van der Waals surface area contributed by atoms with Gasteiger partial charge in [0.1, 0.15) is 5.82 Å². The van der Waals surface area contributed by atoms with E-state index in [1.165, 1.54) is 12.3 Å². The van der Waals surface area contributed by atoms with Crippen LogP contribution in [0.2, 0.25) is 0 Å². The number of hydrogen-bond donors (Lipinski definition) is 2. The second kappa shape index (κ2) is 6.61. The molecule has 0 spiro atoms. The van der Waals surface area contributed by atoms with Crippen LogP contribution in [-0.2, 0) is 0 Å². The minimum atomic E-state index is -0.324. The Morgan fingerprint density at radius 2 is 1.74 bits per heavy atom. The molecule has 0 atom stereocenters. The molecule has 0 bridgehead atoms. The van der Waals surface area contributed by atoms with Gasteiger partial charge in [0, 0.05) is 11.3 Å². The summed E-state index contributed by atoms with van der Waals surface area (Å²) in [5.74, 6) is -0.324. The van der Waals surface area contributed by atoms with Gasteiger partial charge in [-0.15, -0.1) is 0 Å². The first kappa shape index (κ1) is 13.2. The second-order valence-electron chi connectivity index (χ2n) is 3.71. The topological polar surface area (TPSA) is 36.4 Å². The van der Waals surface area contributed by atoms with E-state index in [2.05, 4.69) is 15.8 Å². The number of benzene rings is 2. The van der Waals surface area contributed by atoms with E-state index in [1.807, 2.05) is 30.3 Å². The lowest BCUT2D eigenvalue weighted by Gasteiger charge is -2.06. The maximum absolute atomic E-state index is 13.3. The van der Waals surface area contributed by atoms with E-state index < -0.39 is 0 Å². The number of para-hydroxylation sites is 1. The lowest BCUT2D eigenvalue weighted by atomic mass is 10.2. The van der Waals surface area contributed by atoms with Crippen molar-refractivity contribution in [1.29, 1.82) is 0 Å². The van der Waals surface area contributed by atoms with Gasteiger partial charge in [-0.2, -0.15) is 5.10 Å². The predicted octanol–water partition coefficient (Wildman–Crippen LogP) is 3.15. The third-order valence-electron chi connectivity index (χ3n) is 2.31. The van der Waals surface area contributed by atoms with Crippen LogP contribution >= 0.6 is 12.2 Å². The van der Waals surface area contributed by atoms with Crippen molar-refractivity contribution in [2.45, 2.75) is 0 Å². The Kier molecular flexibility index (Phi) is 4.58. The number of hydrazone groups is 1. The Hall–Kier alpha value is -2.27. The highest BCUT2D eigenvalue weighted by atomic mass is 32.1. The van der Waals surface area contributed by atoms with E-state index >= 15 is 0 Å². The molecule has 2 aromatic carbocycles. The van der Waals surface area contributed by atoms with Crippen molar-refractivity contribution in [3.8, 4) is 0 Å². The van der Waals surface area contributed by atoms with Crippen molar-refractivity contribution in [1.82, 2.24) is 5.43 Å². The Balaban J connectivity index is 1.89. The first-order valence-electron chi connectivity index (χ1n) is 5.65. The van der Waals surface area contributed by atoms with E-state index in [0.29, 0.717) is 10.7 Å². The highest BCUT2D eigenvalue weighted by Crippen LogP contribution is 2.04. The number of anilines is 1. The van der Waals surface area contributed by atoms with Gasteiger partial charge < -0.3 is 5.32 Å². The van der Waals surface area contributed by atoms with E-state index in [-0.39, 0.29) is 5.82 Å². The van der Waals surface area contributed by atoms with Crippen LogP contribution in [0.3, 0.4) is 0 Å². The molecule has 0 aromatic heterocycles. The average Bonchev–Trinajstić information content (AvgIpc) is 2.42. The molecule has 0 unspecified atom stereocenters. The average molecular weight is 273 g/mol. The molecule has 0 radical (unpaired) electrons. The van der Waals surface area contributed by atoms with Crippen LogP contribution in [0.15, 0.2) is 59.7 Å². The van der Waals surface area contributed by atoms with Gasteiger partial charge >= 0.3 is 0 Å². The molecular weight excluding hydrogens is 261 g/mol. The number of nitrogens with one attached hydrogen (secondary N) is 2. The number of thiocarbonyl (C=S) groups is 1. The fourth-order valence-corrected chi connectivity index (χ4v) is 1.59. The summed E-state index contributed by atoms with van der Waals surface area (Å²) in [6.07, 6.45) is 1.38. The molecule has 3 nitrogen and oxygen atoms in total. The van der Waals surface area contributed by atoms with Gasteiger partial charge in [0.25, 0.3) is 0 Å². The van der Waals surface area contributed by atoms with Gasteiger partial charge in [-0.25, -0.2) is 4.39 Å². The maximum atomic E-state index is 13.3. The van der Waals surface area contributed by atoms with Gasteiger partial charge in [-0.1, -0.05) is 36.4 Å². The maximum Gasteiger partial charge on any atom is 0.191 e. The normalized spacial score (nSPS) is 10.4. The first-order chi connectivity index (χ1) is 9.25. The molecule has 2 rings (SSSR count). The van der Waals surface area contributed by atoms with Crippen molar-refractivity contribution in [3.05, 3.63) is 66.0 Å². The van der Waals surface area contributed by atoms with Gasteiger partial charge in [0.05, 0.1) is 6.21 Å². The van der Waals surface area contributed by atoms with Gasteiger partial charge in [0.15, 0.2) is 5.11 Å². The summed E-state index contributed by atoms with van der Waals surface area (Å²) in [6.45, 7) is 0. The molecule has 2 N–H and O–H groups in total. The summed E-state index contributed by atoms with van der Waals surface area (Å²) in [7, 11) is 0.